The molecule has 1 saturated carbocycles. The molecule has 1 fully saturated rings. The smallest absolute Gasteiger partial charge is 0.324 e. The highest BCUT2D eigenvalue weighted by molar-refractivity contribution is 6.04. The first-order valence-corrected chi connectivity index (χ1v) is 9.18. The van der Waals surface area contributed by atoms with Crippen molar-refractivity contribution in [3.8, 4) is 0 Å². The van der Waals surface area contributed by atoms with Crippen molar-refractivity contribution in [2.24, 2.45) is 17.3 Å². The van der Waals surface area contributed by atoms with Gasteiger partial charge >= 0.3 is 11.9 Å². The van der Waals surface area contributed by atoms with Crippen LogP contribution in [0.1, 0.15) is 59.8 Å². The molecule has 1 aliphatic carbocycles. The van der Waals surface area contributed by atoms with E-state index in [1.165, 1.54) is 0 Å². The van der Waals surface area contributed by atoms with Crippen LogP contribution in [0, 0.1) is 17.3 Å². The average molecular weight is 340 g/mol. The lowest BCUT2D eigenvalue weighted by molar-refractivity contribution is -0.164. The fraction of sp³-hybridized carbons (Fsp3) is 0.789. The second kappa shape index (κ2) is 9.82. The van der Waals surface area contributed by atoms with Crippen LogP contribution in [0.4, 0.5) is 0 Å². The van der Waals surface area contributed by atoms with Crippen molar-refractivity contribution in [3.63, 3.8) is 0 Å². The second-order valence-corrected chi connectivity index (χ2v) is 6.41. The molecule has 0 heterocycles. The molecule has 0 amide bonds. The van der Waals surface area contributed by atoms with Gasteiger partial charge in [0.15, 0.2) is 5.41 Å². The molecule has 3 atom stereocenters. The zero-order valence-corrected chi connectivity index (χ0v) is 15.4. The maximum Gasteiger partial charge on any atom is 0.324 e. The Labute approximate surface area is 145 Å². The van der Waals surface area contributed by atoms with Gasteiger partial charge in [-0.1, -0.05) is 45.3 Å². The van der Waals surface area contributed by atoms with Crippen molar-refractivity contribution >= 4 is 11.9 Å². The standard InChI is InChI=1S/C19H32O5/c1-5-9-10-14(6-2)16(20)12-11-15-13-19(15,17(21)23-7-3)18(22)24-8-4/h11-12,14-16,20H,5-10,13H2,1-4H3. The Balaban J connectivity index is 2.75. The largest absolute Gasteiger partial charge is 0.465 e. The topological polar surface area (TPSA) is 72.8 Å². The van der Waals surface area contributed by atoms with Gasteiger partial charge in [0.05, 0.1) is 19.3 Å². The Kier molecular flexibility index (Phi) is 8.46. The van der Waals surface area contributed by atoms with E-state index in [0.29, 0.717) is 6.42 Å². The summed E-state index contributed by atoms with van der Waals surface area (Å²) in [5.74, 6) is -1.09. The normalized spacial score (nSPS) is 21.3. The van der Waals surface area contributed by atoms with Crippen LogP contribution >= 0.6 is 0 Å². The van der Waals surface area contributed by atoms with Crippen molar-refractivity contribution in [1.82, 2.24) is 0 Å². The molecule has 0 radical (unpaired) electrons. The first kappa shape index (κ1) is 20.7. The highest BCUT2D eigenvalue weighted by Crippen LogP contribution is 2.55. The molecule has 24 heavy (non-hydrogen) atoms. The third-order valence-electron chi connectivity index (χ3n) is 4.77. The lowest BCUT2D eigenvalue weighted by Crippen LogP contribution is -2.31. The molecule has 0 spiro atoms. The second-order valence-electron chi connectivity index (χ2n) is 6.41. The average Bonchev–Trinajstić information content (AvgIpc) is 3.30. The zero-order valence-electron chi connectivity index (χ0n) is 15.4. The van der Waals surface area contributed by atoms with Crippen LogP contribution in [0.15, 0.2) is 12.2 Å². The molecular formula is C19H32O5. The molecule has 0 saturated heterocycles. The van der Waals surface area contributed by atoms with E-state index in [-0.39, 0.29) is 25.0 Å². The molecule has 0 aromatic heterocycles. The summed E-state index contributed by atoms with van der Waals surface area (Å²) in [6.45, 7) is 8.09. The lowest BCUT2D eigenvalue weighted by atomic mass is 9.92. The molecular weight excluding hydrogens is 308 g/mol. The monoisotopic (exact) mass is 340 g/mol. The van der Waals surface area contributed by atoms with E-state index in [4.69, 9.17) is 9.47 Å². The predicted molar refractivity (Wildman–Crippen MR) is 92.3 cm³/mol. The first-order chi connectivity index (χ1) is 11.5. The summed E-state index contributed by atoms with van der Waals surface area (Å²) in [5.41, 5.74) is -1.21. The third-order valence-corrected chi connectivity index (χ3v) is 4.77. The Hall–Kier alpha value is -1.36. The maximum atomic E-state index is 12.2. The van der Waals surface area contributed by atoms with Crippen LogP contribution < -0.4 is 0 Å². The fourth-order valence-corrected chi connectivity index (χ4v) is 3.08. The summed E-state index contributed by atoms with van der Waals surface area (Å²) in [6.07, 6.45) is 7.42. The highest BCUT2D eigenvalue weighted by atomic mass is 16.6. The van der Waals surface area contributed by atoms with Gasteiger partial charge in [-0.2, -0.15) is 0 Å². The summed E-state index contributed by atoms with van der Waals surface area (Å²) < 4.78 is 10.1. The van der Waals surface area contributed by atoms with Gasteiger partial charge < -0.3 is 14.6 Å². The Morgan fingerprint density at radius 3 is 2.21 bits per heavy atom. The predicted octanol–water partition coefficient (Wildman–Crippen LogP) is 3.25. The molecule has 1 aliphatic rings. The van der Waals surface area contributed by atoms with Gasteiger partial charge in [-0.05, 0) is 32.6 Å². The van der Waals surface area contributed by atoms with Crippen LogP contribution in [0.2, 0.25) is 0 Å². The molecule has 0 aromatic carbocycles. The number of allylic oxidation sites excluding steroid dienone is 1. The van der Waals surface area contributed by atoms with Crippen LogP contribution in [0.5, 0.6) is 0 Å². The van der Waals surface area contributed by atoms with E-state index in [9.17, 15) is 14.7 Å². The summed E-state index contributed by atoms with van der Waals surface area (Å²) in [4.78, 5) is 24.4. The van der Waals surface area contributed by atoms with E-state index in [2.05, 4.69) is 13.8 Å². The number of aliphatic hydroxyl groups excluding tert-OH is 1. The minimum Gasteiger partial charge on any atom is -0.465 e. The molecule has 0 bridgehead atoms. The van der Waals surface area contributed by atoms with E-state index in [1.54, 1.807) is 26.0 Å². The van der Waals surface area contributed by atoms with Gasteiger partial charge in [0, 0.05) is 5.92 Å². The number of unbranched alkanes of at least 4 members (excludes halogenated alkanes) is 1. The number of rotatable bonds is 11. The van der Waals surface area contributed by atoms with E-state index >= 15 is 0 Å². The van der Waals surface area contributed by atoms with Gasteiger partial charge in [0.1, 0.15) is 0 Å². The molecule has 138 valence electrons. The van der Waals surface area contributed by atoms with Crippen LogP contribution in [-0.4, -0.2) is 36.4 Å². The number of ether oxygens (including phenoxy) is 2. The molecule has 1 N–H and O–H groups in total. The van der Waals surface area contributed by atoms with Gasteiger partial charge in [-0.25, -0.2) is 0 Å². The minimum absolute atomic E-state index is 0.208. The summed E-state index contributed by atoms with van der Waals surface area (Å²) >= 11 is 0. The Morgan fingerprint density at radius 1 is 1.17 bits per heavy atom. The fourth-order valence-electron chi connectivity index (χ4n) is 3.08. The van der Waals surface area contributed by atoms with Gasteiger partial charge in [-0.3, -0.25) is 9.59 Å². The van der Waals surface area contributed by atoms with E-state index in [0.717, 1.165) is 25.7 Å². The van der Waals surface area contributed by atoms with Crippen LogP contribution in [0.25, 0.3) is 0 Å². The van der Waals surface area contributed by atoms with Crippen LogP contribution in [-0.2, 0) is 19.1 Å². The number of aliphatic hydroxyl groups is 1. The molecule has 0 aromatic rings. The van der Waals surface area contributed by atoms with Crippen LogP contribution in [0.3, 0.4) is 0 Å². The van der Waals surface area contributed by atoms with Gasteiger partial charge in [0.25, 0.3) is 0 Å². The minimum atomic E-state index is -1.21. The quantitative estimate of drug-likeness (QED) is 0.355. The Bertz CT molecular complexity index is 425. The van der Waals surface area contributed by atoms with Crippen molar-refractivity contribution in [2.75, 3.05) is 13.2 Å². The zero-order chi connectivity index (χ0) is 18.2. The maximum absolute atomic E-state index is 12.2. The number of esters is 2. The molecule has 5 nitrogen and oxygen atoms in total. The third kappa shape index (κ3) is 4.82. The molecule has 5 heteroatoms. The van der Waals surface area contributed by atoms with Crippen molar-refractivity contribution in [1.29, 1.82) is 0 Å². The highest BCUT2D eigenvalue weighted by Gasteiger charge is 2.67. The number of carbonyl (C=O) groups excluding carboxylic acids is 2. The lowest BCUT2D eigenvalue weighted by Gasteiger charge is -2.18. The number of hydrogen-bond acceptors (Lipinski definition) is 5. The summed E-state index contributed by atoms with van der Waals surface area (Å²) in [5, 5.41) is 10.3. The SMILES string of the molecule is CCCCC(CC)C(O)C=CC1CC1(C(=O)OCC)C(=O)OCC. The molecule has 1 rings (SSSR count). The van der Waals surface area contributed by atoms with Gasteiger partial charge in [0.2, 0.25) is 0 Å². The number of hydrogen-bond donors (Lipinski definition) is 1. The van der Waals surface area contributed by atoms with Crippen molar-refractivity contribution in [2.45, 2.75) is 65.9 Å². The molecule has 0 aliphatic heterocycles. The number of carbonyl (C=O) groups is 2. The van der Waals surface area contributed by atoms with E-state index in [1.807, 2.05) is 0 Å². The van der Waals surface area contributed by atoms with Crippen molar-refractivity contribution in [3.05, 3.63) is 12.2 Å². The van der Waals surface area contributed by atoms with Crippen molar-refractivity contribution < 1.29 is 24.2 Å². The van der Waals surface area contributed by atoms with E-state index < -0.39 is 23.5 Å². The summed E-state index contributed by atoms with van der Waals surface area (Å²) in [7, 11) is 0. The first-order valence-electron chi connectivity index (χ1n) is 9.18. The van der Waals surface area contributed by atoms with Gasteiger partial charge in [-0.15, -0.1) is 0 Å². The Morgan fingerprint density at radius 2 is 1.75 bits per heavy atom. The summed E-state index contributed by atoms with van der Waals surface area (Å²) in [6, 6.07) is 0. The molecule has 3 unspecified atom stereocenters.